The average molecular weight is 185 g/mol. The summed E-state index contributed by atoms with van der Waals surface area (Å²) in [5.74, 6) is 0.218. The third kappa shape index (κ3) is 3.74. The molecule has 2 N–H and O–H groups in total. The Morgan fingerprint density at radius 3 is 2.62 bits per heavy atom. The minimum absolute atomic E-state index is 0.218. The van der Waals surface area contributed by atoms with E-state index in [1.54, 1.807) is 0 Å². The van der Waals surface area contributed by atoms with Crippen molar-refractivity contribution in [1.29, 1.82) is 0 Å². The molecule has 1 saturated heterocycles. The monoisotopic (exact) mass is 185 g/mol. The highest BCUT2D eigenvalue weighted by atomic mass is 16.2. The Kier molecular flexibility index (Phi) is 4.18. The second kappa shape index (κ2) is 5.19. The van der Waals surface area contributed by atoms with E-state index in [-0.39, 0.29) is 5.91 Å². The maximum Gasteiger partial charge on any atom is 0.236 e. The predicted octanol–water partition coefficient (Wildman–Crippen LogP) is -0.584. The molecule has 4 nitrogen and oxygen atoms in total. The maximum absolute atomic E-state index is 11.5. The van der Waals surface area contributed by atoms with Gasteiger partial charge in [-0.1, -0.05) is 13.8 Å². The molecule has 0 aromatic heterocycles. The van der Waals surface area contributed by atoms with Crippen LogP contribution >= 0.6 is 0 Å². The minimum Gasteiger partial charge on any atom is -0.339 e. The van der Waals surface area contributed by atoms with Crippen LogP contribution < -0.4 is 10.6 Å². The first-order valence-corrected chi connectivity index (χ1v) is 4.92. The zero-order valence-electron chi connectivity index (χ0n) is 8.47. The fraction of sp³-hybridized carbons (Fsp3) is 0.889. The lowest BCUT2D eigenvalue weighted by molar-refractivity contribution is -0.130. The molecule has 0 aromatic rings. The highest BCUT2D eigenvalue weighted by molar-refractivity contribution is 5.78. The molecule has 0 atom stereocenters. The third-order valence-corrected chi connectivity index (χ3v) is 2.13. The number of carbonyl (C=O) groups excluding carboxylic acids is 1. The Morgan fingerprint density at radius 1 is 1.46 bits per heavy atom. The highest BCUT2D eigenvalue weighted by Crippen LogP contribution is 1.92. The number of amides is 1. The predicted molar refractivity (Wildman–Crippen MR) is 52.6 cm³/mol. The van der Waals surface area contributed by atoms with Gasteiger partial charge in [0.2, 0.25) is 5.91 Å². The number of hydrogen-bond donors (Lipinski definition) is 2. The SMILES string of the molecule is CC(C)NCC(=O)N1CCNCC1. The molecule has 13 heavy (non-hydrogen) atoms. The van der Waals surface area contributed by atoms with Crippen LogP contribution in [0.15, 0.2) is 0 Å². The van der Waals surface area contributed by atoms with Crippen LogP contribution in [-0.4, -0.2) is 49.6 Å². The molecule has 1 fully saturated rings. The van der Waals surface area contributed by atoms with Gasteiger partial charge in [0.15, 0.2) is 0 Å². The van der Waals surface area contributed by atoms with Crippen LogP contribution in [0.25, 0.3) is 0 Å². The first kappa shape index (κ1) is 10.5. The lowest BCUT2D eigenvalue weighted by atomic mass is 10.3. The van der Waals surface area contributed by atoms with Crippen LogP contribution in [0.1, 0.15) is 13.8 Å². The fourth-order valence-electron chi connectivity index (χ4n) is 1.32. The molecule has 0 bridgehead atoms. The Labute approximate surface area is 79.7 Å². The Balaban J connectivity index is 2.21. The number of piperazine rings is 1. The molecule has 0 unspecified atom stereocenters. The van der Waals surface area contributed by atoms with Gasteiger partial charge in [0, 0.05) is 32.2 Å². The molecule has 1 amide bonds. The van der Waals surface area contributed by atoms with Crippen molar-refractivity contribution in [3.63, 3.8) is 0 Å². The molecule has 0 spiro atoms. The quantitative estimate of drug-likeness (QED) is 0.618. The minimum atomic E-state index is 0.218. The van der Waals surface area contributed by atoms with Gasteiger partial charge in [-0.3, -0.25) is 4.79 Å². The molecule has 4 heteroatoms. The van der Waals surface area contributed by atoms with E-state index in [0.29, 0.717) is 12.6 Å². The van der Waals surface area contributed by atoms with Gasteiger partial charge in [-0.25, -0.2) is 0 Å². The van der Waals surface area contributed by atoms with Crippen LogP contribution in [0.2, 0.25) is 0 Å². The standard InChI is InChI=1S/C9H19N3O/c1-8(2)11-7-9(13)12-5-3-10-4-6-12/h8,10-11H,3-7H2,1-2H3. The van der Waals surface area contributed by atoms with Crippen molar-refractivity contribution in [3.8, 4) is 0 Å². The summed E-state index contributed by atoms with van der Waals surface area (Å²) in [6, 6.07) is 0.381. The number of carbonyl (C=O) groups is 1. The van der Waals surface area contributed by atoms with Gasteiger partial charge in [0.1, 0.15) is 0 Å². The Bertz CT molecular complexity index is 164. The van der Waals surface area contributed by atoms with Gasteiger partial charge < -0.3 is 15.5 Å². The first-order valence-electron chi connectivity index (χ1n) is 4.92. The summed E-state index contributed by atoms with van der Waals surface area (Å²) in [6.45, 7) is 8.10. The summed E-state index contributed by atoms with van der Waals surface area (Å²) in [4.78, 5) is 13.4. The van der Waals surface area contributed by atoms with Crippen LogP contribution in [0, 0.1) is 0 Å². The van der Waals surface area contributed by atoms with Crippen molar-refractivity contribution in [2.45, 2.75) is 19.9 Å². The average Bonchev–Trinajstić information content (AvgIpc) is 2.15. The molecular weight excluding hydrogens is 166 g/mol. The molecule has 76 valence electrons. The normalized spacial score (nSPS) is 17.9. The van der Waals surface area contributed by atoms with E-state index in [1.807, 2.05) is 18.7 Å². The molecule has 1 aliphatic rings. The molecule has 0 aliphatic carbocycles. The van der Waals surface area contributed by atoms with Gasteiger partial charge in [-0.05, 0) is 0 Å². The fourth-order valence-corrected chi connectivity index (χ4v) is 1.32. The van der Waals surface area contributed by atoms with E-state index in [2.05, 4.69) is 10.6 Å². The molecule has 0 radical (unpaired) electrons. The second-order valence-electron chi connectivity index (χ2n) is 3.67. The van der Waals surface area contributed by atoms with Crippen molar-refractivity contribution < 1.29 is 4.79 Å². The summed E-state index contributed by atoms with van der Waals surface area (Å²) in [6.07, 6.45) is 0. The summed E-state index contributed by atoms with van der Waals surface area (Å²) in [7, 11) is 0. The van der Waals surface area contributed by atoms with Crippen molar-refractivity contribution in [2.24, 2.45) is 0 Å². The van der Waals surface area contributed by atoms with Crippen LogP contribution in [0.3, 0.4) is 0 Å². The summed E-state index contributed by atoms with van der Waals surface area (Å²) >= 11 is 0. The summed E-state index contributed by atoms with van der Waals surface area (Å²) in [5, 5.41) is 6.35. The van der Waals surface area contributed by atoms with Gasteiger partial charge in [0.05, 0.1) is 6.54 Å². The van der Waals surface area contributed by atoms with Crippen LogP contribution in [0.5, 0.6) is 0 Å². The van der Waals surface area contributed by atoms with Crippen molar-refractivity contribution in [3.05, 3.63) is 0 Å². The van der Waals surface area contributed by atoms with E-state index >= 15 is 0 Å². The van der Waals surface area contributed by atoms with E-state index in [1.165, 1.54) is 0 Å². The molecule has 0 aromatic carbocycles. The van der Waals surface area contributed by atoms with Crippen LogP contribution in [-0.2, 0) is 4.79 Å². The van der Waals surface area contributed by atoms with Crippen molar-refractivity contribution in [1.82, 2.24) is 15.5 Å². The summed E-state index contributed by atoms with van der Waals surface area (Å²) < 4.78 is 0. The number of hydrogen-bond acceptors (Lipinski definition) is 3. The molecule has 0 saturated carbocycles. The number of nitrogens with one attached hydrogen (secondary N) is 2. The first-order chi connectivity index (χ1) is 6.20. The van der Waals surface area contributed by atoms with Crippen LogP contribution in [0.4, 0.5) is 0 Å². The van der Waals surface area contributed by atoms with Crippen molar-refractivity contribution >= 4 is 5.91 Å². The van der Waals surface area contributed by atoms with E-state index in [9.17, 15) is 4.79 Å². The zero-order chi connectivity index (χ0) is 9.68. The molecule has 1 aliphatic heterocycles. The third-order valence-electron chi connectivity index (χ3n) is 2.13. The summed E-state index contributed by atoms with van der Waals surface area (Å²) in [5.41, 5.74) is 0. The molecular formula is C9H19N3O. The van der Waals surface area contributed by atoms with Gasteiger partial charge in [-0.15, -0.1) is 0 Å². The molecule has 1 rings (SSSR count). The lowest BCUT2D eigenvalue weighted by Crippen LogP contribution is -2.49. The molecule has 1 heterocycles. The highest BCUT2D eigenvalue weighted by Gasteiger charge is 2.15. The van der Waals surface area contributed by atoms with Gasteiger partial charge in [0.25, 0.3) is 0 Å². The topological polar surface area (TPSA) is 44.4 Å². The largest absolute Gasteiger partial charge is 0.339 e. The van der Waals surface area contributed by atoms with Gasteiger partial charge in [-0.2, -0.15) is 0 Å². The second-order valence-corrected chi connectivity index (χ2v) is 3.67. The van der Waals surface area contributed by atoms with Gasteiger partial charge >= 0.3 is 0 Å². The van der Waals surface area contributed by atoms with E-state index in [0.717, 1.165) is 26.2 Å². The maximum atomic E-state index is 11.5. The van der Waals surface area contributed by atoms with E-state index < -0.39 is 0 Å². The smallest absolute Gasteiger partial charge is 0.236 e. The Morgan fingerprint density at radius 2 is 2.08 bits per heavy atom. The zero-order valence-corrected chi connectivity index (χ0v) is 8.47. The van der Waals surface area contributed by atoms with E-state index in [4.69, 9.17) is 0 Å². The van der Waals surface area contributed by atoms with Crippen molar-refractivity contribution in [2.75, 3.05) is 32.7 Å². The lowest BCUT2D eigenvalue weighted by Gasteiger charge is -2.27. The Hall–Kier alpha value is -0.610. The number of nitrogens with zero attached hydrogens (tertiary/aromatic N) is 1. The number of rotatable bonds is 3.